The second-order valence-electron chi connectivity index (χ2n) is 13.8. The second kappa shape index (κ2) is 13.9. The van der Waals surface area contributed by atoms with Crippen molar-refractivity contribution < 1.29 is 46.2 Å². The zero-order valence-electron chi connectivity index (χ0n) is 29.5. The fourth-order valence-corrected chi connectivity index (χ4v) is 8.22. The molecule has 0 spiro atoms. The number of para-hydroxylation sites is 1. The van der Waals surface area contributed by atoms with E-state index >= 15 is 0 Å². The number of likely N-dealkylation sites (N-methyl/N-ethyl adjacent to an activating group) is 1. The summed E-state index contributed by atoms with van der Waals surface area (Å²) in [5.74, 6) is -3.39. The molecule has 3 atom stereocenters. The molecule has 2 aliphatic heterocycles. The Morgan fingerprint density at radius 1 is 1.00 bits per heavy atom. The number of amides is 3. The van der Waals surface area contributed by atoms with Crippen molar-refractivity contribution in [2.24, 2.45) is 5.92 Å². The van der Waals surface area contributed by atoms with Crippen LogP contribution in [0.3, 0.4) is 0 Å². The number of aromatic nitrogens is 2. The number of methoxy groups -OCH3 is 1. The van der Waals surface area contributed by atoms with Crippen LogP contribution in [0, 0.1) is 5.92 Å². The first kappa shape index (κ1) is 36.4. The van der Waals surface area contributed by atoms with Crippen molar-refractivity contribution >= 4 is 67.4 Å². The fourth-order valence-electron chi connectivity index (χ4n) is 7.64. The van der Waals surface area contributed by atoms with Gasteiger partial charge in [0.15, 0.2) is 11.9 Å². The minimum Gasteiger partial charge on any atom is -0.465 e. The summed E-state index contributed by atoms with van der Waals surface area (Å²) in [6, 6.07) is 15.6. The Kier molecular flexibility index (Phi) is 9.23. The van der Waals surface area contributed by atoms with Crippen LogP contribution in [0.1, 0.15) is 60.4 Å². The van der Waals surface area contributed by atoms with E-state index in [2.05, 4.69) is 31.2 Å². The summed E-state index contributed by atoms with van der Waals surface area (Å²) in [4.78, 5) is 64.4. The van der Waals surface area contributed by atoms with Crippen LogP contribution in [0.15, 0.2) is 70.8 Å². The van der Waals surface area contributed by atoms with Crippen LogP contribution in [0.2, 0.25) is 0 Å². The number of fused-ring (bicyclic) bond motifs is 5. The molecule has 286 valence electrons. The third-order valence-corrected chi connectivity index (χ3v) is 11.2. The molecule has 0 saturated carbocycles. The zero-order chi connectivity index (χ0) is 38.8. The Hall–Kier alpha value is -5.55. The van der Waals surface area contributed by atoms with E-state index in [0.717, 1.165) is 12.5 Å². The maximum atomic E-state index is 14.5. The first-order valence-electron chi connectivity index (χ1n) is 17.4. The molecular formula is C38H34BrF3N6O7. The van der Waals surface area contributed by atoms with Gasteiger partial charge in [-0.3, -0.25) is 9.59 Å². The number of alkyl halides is 4. The van der Waals surface area contributed by atoms with Gasteiger partial charge in [-0.15, -0.1) is 0 Å². The Labute approximate surface area is 319 Å². The number of hydrogen-bond acceptors (Lipinski definition) is 8. The molecule has 2 aromatic carbocycles. The lowest BCUT2D eigenvalue weighted by Crippen LogP contribution is -2.47. The van der Waals surface area contributed by atoms with Crippen LogP contribution in [-0.2, 0) is 15.7 Å². The summed E-state index contributed by atoms with van der Waals surface area (Å²) in [7, 11) is 2.90. The number of likely N-dealkylation sites (tertiary alicyclic amines) is 1. The van der Waals surface area contributed by atoms with Crippen molar-refractivity contribution in [3.05, 3.63) is 100 Å². The predicted molar refractivity (Wildman–Crippen MR) is 197 cm³/mol. The van der Waals surface area contributed by atoms with Crippen molar-refractivity contribution in [1.29, 1.82) is 0 Å². The van der Waals surface area contributed by atoms with Gasteiger partial charge in [0.25, 0.3) is 11.8 Å². The summed E-state index contributed by atoms with van der Waals surface area (Å²) in [6.45, 7) is 1.93. The van der Waals surface area contributed by atoms with Gasteiger partial charge >= 0.3 is 18.2 Å². The van der Waals surface area contributed by atoms with E-state index in [9.17, 15) is 32.3 Å². The molecule has 13 nitrogen and oxygen atoms in total. The number of rotatable bonds is 6. The SMILES string of the molecule is COC(=O)c1c(C(F)(F)F)[nH]c2c1C1C(=CC2OC(=O)N2CCN(C)CC2)N(C(=O)c2cc3cc(NC(=O)c4cc5ccccc5o4)ccc3[nH]2)C[C@H]1CBr. The van der Waals surface area contributed by atoms with Gasteiger partial charge in [-0.1, -0.05) is 34.1 Å². The molecule has 5 aromatic rings. The fraction of sp³-hybridized carbons (Fsp3) is 0.316. The molecule has 0 radical (unpaired) electrons. The Bertz CT molecular complexity index is 2360. The molecule has 2 saturated heterocycles. The predicted octanol–water partition coefficient (Wildman–Crippen LogP) is 6.87. The number of carbonyl (C=O) groups is 4. The molecule has 1 aliphatic carbocycles. The lowest BCUT2D eigenvalue weighted by molar-refractivity contribution is -0.141. The average molecular weight is 824 g/mol. The van der Waals surface area contributed by atoms with Crippen LogP contribution in [0.5, 0.6) is 0 Å². The van der Waals surface area contributed by atoms with E-state index in [1.54, 1.807) is 36.4 Å². The highest BCUT2D eigenvalue weighted by molar-refractivity contribution is 9.09. The van der Waals surface area contributed by atoms with Gasteiger partial charge < -0.3 is 43.9 Å². The second-order valence-corrected chi connectivity index (χ2v) is 14.4. The number of carbonyl (C=O) groups excluding carboxylic acids is 4. The van der Waals surface area contributed by atoms with Gasteiger partial charge in [-0.2, -0.15) is 13.2 Å². The van der Waals surface area contributed by atoms with E-state index in [4.69, 9.17) is 13.9 Å². The van der Waals surface area contributed by atoms with Gasteiger partial charge in [-0.25, -0.2) is 9.59 Å². The third-order valence-electron chi connectivity index (χ3n) is 10.4. The Morgan fingerprint density at radius 3 is 2.47 bits per heavy atom. The molecule has 3 aliphatic rings. The number of piperazine rings is 1. The topological polar surface area (TPSA) is 153 Å². The van der Waals surface area contributed by atoms with E-state index < -0.39 is 59.3 Å². The smallest absolute Gasteiger partial charge is 0.432 e. The van der Waals surface area contributed by atoms with Crippen molar-refractivity contribution in [3.63, 3.8) is 0 Å². The molecule has 5 heterocycles. The number of nitrogens with zero attached hydrogens (tertiary/aromatic N) is 3. The molecule has 17 heteroatoms. The zero-order valence-corrected chi connectivity index (χ0v) is 31.0. The first-order chi connectivity index (χ1) is 26.3. The number of H-pyrrole nitrogens is 2. The maximum absolute atomic E-state index is 14.5. The van der Waals surface area contributed by atoms with Gasteiger partial charge in [0.2, 0.25) is 0 Å². The lowest BCUT2D eigenvalue weighted by Gasteiger charge is -2.34. The highest BCUT2D eigenvalue weighted by Gasteiger charge is 2.51. The summed E-state index contributed by atoms with van der Waals surface area (Å²) in [5.41, 5.74) is -0.112. The van der Waals surface area contributed by atoms with Crippen molar-refractivity contribution in [3.8, 4) is 0 Å². The highest BCUT2D eigenvalue weighted by Crippen LogP contribution is 2.53. The van der Waals surface area contributed by atoms with Crippen LogP contribution in [-0.4, -0.2) is 101 Å². The van der Waals surface area contributed by atoms with E-state index in [0.29, 0.717) is 48.4 Å². The highest BCUT2D eigenvalue weighted by atomic mass is 79.9. The van der Waals surface area contributed by atoms with Gasteiger partial charge in [0.05, 0.1) is 18.4 Å². The number of allylic oxidation sites excluding steroid dienone is 1. The Balaban J connectivity index is 1.13. The number of anilines is 1. The van der Waals surface area contributed by atoms with Gasteiger partial charge in [0.1, 0.15) is 17.0 Å². The molecule has 2 fully saturated rings. The summed E-state index contributed by atoms with van der Waals surface area (Å²) in [6.07, 6.45) is -5.64. The minimum atomic E-state index is -4.99. The number of esters is 1. The summed E-state index contributed by atoms with van der Waals surface area (Å²) < 4.78 is 60.1. The van der Waals surface area contributed by atoms with Crippen molar-refractivity contribution in [2.75, 3.05) is 57.5 Å². The number of aromatic amines is 2. The number of ether oxygens (including phenoxy) is 2. The first-order valence-corrected chi connectivity index (χ1v) is 18.5. The average Bonchev–Trinajstić information content (AvgIpc) is 3.96. The van der Waals surface area contributed by atoms with E-state index in [1.165, 1.54) is 15.9 Å². The van der Waals surface area contributed by atoms with Crippen LogP contribution < -0.4 is 5.32 Å². The Morgan fingerprint density at radius 2 is 1.76 bits per heavy atom. The lowest BCUT2D eigenvalue weighted by atomic mass is 9.80. The summed E-state index contributed by atoms with van der Waals surface area (Å²) in [5, 5.41) is 4.47. The minimum absolute atomic E-state index is 0.0333. The van der Waals surface area contributed by atoms with Crippen LogP contribution in [0.4, 0.5) is 23.7 Å². The molecule has 55 heavy (non-hydrogen) atoms. The van der Waals surface area contributed by atoms with E-state index in [1.807, 2.05) is 30.1 Å². The third kappa shape index (κ3) is 6.54. The number of furan rings is 1. The quantitative estimate of drug-likeness (QED) is 0.124. The normalized spacial score (nSPS) is 20.0. The molecule has 8 rings (SSSR count). The number of nitrogens with one attached hydrogen (secondary N) is 3. The van der Waals surface area contributed by atoms with Gasteiger partial charge in [0, 0.05) is 77.2 Å². The molecule has 3 amide bonds. The largest absolute Gasteiger partial charge is 0.465 e. The number of hydrogen-bond donors (Lipinski definition) is 3. The monoisotopic (exact) mass is 822 g/mol. The molecule has 3 aromatic heterocycles. The van der Waals surface area contributed by atoms with Crippen LogP contribution >= 0.6 is 15.9 Å². The van der Waals surface area contributed by atoms with Crippen LogP contribution in [0.25, 0.3) is 21.9 Å². The molecule has 2 unspecified atom stereocenters. The number of halogens is 4. The standard InChI is InChI=1S/C38H34BrF3N6O7/c1-46-9-11-47(12-10-46)37(52)55-27-16-25-29(30-31(36(51)53-2)33(38(40,41)42)45-32(27)30)21(17-39)18-48(25)35(50)24-14-20-13-22(7-8-23(20)44-24)43-34(49)28-15-19-5-3-4-6-26(19)54-28/h3-8,13-16,21,27,29,44-45H,9-12,17-18H2,1-2H3,(H,43,49)/t21-,27?,29?/m1/s1. The van der Waals surface area contributed by atoms with Crippen molar-refractivity contribution in [1.82, 2.24) is 24.7 Å². The molecule has 0 bridgehead atoms. The molecular weight excluding hydrogens is 789 g/mol. The number of benzene rings is 2. The van der Waals surface area contributed by atoms with E-state index in [-0.39, 0.29) is 40.3 Å². The van der Waals surface area contributed by atoms with Crippen molar-refractivity contribution in [2.45, 2.75) is 18.2 Å². The maximum Gasteiger partial charge on any atom is 0.432 e. The summed E-state index contributed by atoms with van der Waals surface area (Å²) >= 11 is 3.48. The molecule has 3 N–H and O–H groups in total. The van der Waals surface area contributed by atoms with Gasteiger partial charge in [-0.05, 0) is 55.4 Å².